The summed E-state index contributed by atoms with van der Waals surface area (Å²) in [6.45, 7) is 5.51. The summed E-state index contributed by atoms with van der Waals surface area (Å²) in [6.07, 6.45) is 1.43. The highest BCUT2D eigenvalue weighted by molar-refractivity contribution is 9.10. The summed E-state index contributed by atoms with van der Waals surface area (Å²) >= 11 is 1.75. The average Bonchev–Trinajstić information content (AvgIpc) is 2.18. The molecule has 16 heavy (non-hydrogen) atoms. The SMILES string of the molecule is CC(C)(C)[S@@+]([O-])/N=C/c1ccc(Br)c(F)c1. The van der Waals surface area contributed by atoms with Crippen molar-refractivity contribution in [3.63, 3.8) is 0 Å². The molecule has 0 saturated carbocycles. The van der Waals surface area contributed by atoms with E-state index in [9.17, 15) is 8.94 Å². The lowest BCUT2D eigenvalue weighted by molar-refractivity contribution is 0.562. The molecule has 0 bridgehead atoms. The molecule has 1 aromatic rings. The van der Waals surface area contributed by atoms with E-state index in [2.05, 4.69) is 20.3 Å². The minimum absolute atomic E-state index is 0.356. The van der Waals surface area contributed by atoms with E-state index in [1.165, 1.54) is 12.3 Å². The second-order valence-corrected chi connectivity index (χ2v) is 7.06. The van der Waals surface area contributed by atoms with Gasteiger partial charge in [0.05, 0.1) is 10.7 Å². The Morgan fingerprint density at radius 1 is 1.44 bits per heavy atom. The number of benzene rings is 1. The summed E-state index contributed by atoms with van der Waals surface area (Å²) in [6, 6.07) is 4.64. The molecule has 88 valence electrons. The van der Waals surface area contributed by atoms with Gasteiger partial charge in [-0.1, -0.05) is 10.5 Å². The minimum atomic E-state index is -1.31. The Hall–Kier alpha value is -0.390. The molecular weight excluding hydrogens is 293 g/mol. The molecule has 2 nitrogen and oxygen atoms in total. The van der Waals surface area contributed by atoms with Gasteiger partial charge in [0, 0.05) is 5.56 Å². The monoisotopic (exact) mass is 305 g/mol. The first-order chi connectivity index (χ1) is 7.30. The zero-order chi connectivity index (χ0) is 12.3. The van der Waals surface area contributed by atoms with Crippen molar-refractivity contribution >= 4 is 33.5 Å². The van der Waals surface area contributed by atoms with Crippen LogP contribution in [-0.4, -0.2) is 15.5 Å². The second kappa shape index (κ2) is 5.29. The molecule has 0 amide bonds. The van der Waals surface area contributed by atoms with Crippen molar-refractivity contribution in [3.05, 3.63) is 34.1 Å². The maximum atomic E-state index is 13.2. The van der Waals surface area contributed by atoms with Crippen LogP contribution in [0.5, 0.6) is 0 Å². The van der Waals surface area contributed by atoms with Crippen molar-refractivity contribution in [3.8, 4) is 0 Å². The molecule has 0 N–H and O–H groups in total. The van der Waals surface area contributed by atoms with Gasteiger partial charge in [-0.05, 0) is 48.8 Å². The third kappa shape index (κ3) is 3.88. The Bertz CT molecular complexity index is 403. The van der Waals surface area contributed by atoms with Gasteiger partial charge in [-0.2, -0.15) is 0 Å². The van der Waals surface area contributed by atoms with Crippen LogP contribution in [0.25, 0.3) is 0 Å². The lowest BCUT2D eigenvalue weighted by Gasteiger charge is -2.17. The molecule has 5 heteroatoms. The van der Waals surface area contributed by atoms with E-state index in [0.717, 1.165) is 0 Å². The van der Waals surface area contributed by atoms with Gasteiger partial charge in [-0.3, -0.25) is 0 Å². The summed E-state index contributed by atoms with van der Waals surface area (Å²) in [5, 5.41) is 0. The van der Waals surface area contributed by atoms with E-state index in [1.54, 1.807) is 12.1 Å². The fraction of sp³-hybridized carbons (Fsp3) is 0.364. The molecule has 0 fully saturated rings. The Morgan fingerprint density at radius 2 is 2.06 bits per heavy atom. The van der Waals surface area contributed by atoms with Crippen LogP contribution < -0.4 is 0 Å². The van der Waals surface area contributed by atoms with Crippen LogP contribution >= 0.6 is 15.9 Å². The number of rotatable bonds is 2. The van der Waals surface area contributed by atoms with Gasteiger partial charge in [0.15, 0.2) is 0 Å². The van der Waals surface area contributed by atoms with Gasteiger partial charge in [0.2, 0.25) is 0 Å². The van der Waals surface area contributed by atoms with Gasteiger partial charge < -0.3 is 4.55 Å². The number of hydrogen-bond donors (Lipinski definition) is 0. The molecular formula is C11H13BrFNOS. The van der Waals surface area contributed by atoms with Crippen molar-refractivity contribution in [1.82, 2.24) is 0 Å². The molecule has 1 aromatic carbocycles. The van der Waals surface area contributed by atoms with Crippen LogP contribution in [0.15, 0.2) is 27.1 Å². The van der Waals surface area contributed by atoms with E-state index >= 15 is 0 Å². The minimum Gasteiger partial charge on any atom is -0.591 e. The van der Waals surface area contributed by atoms with E-state index in [0.29, 0.717) is 10.0 Å². The molecule has 0 aliphatic heterocycles. The molecule has 0 saturated heterocycles. The van der Waals surface area contributed by atoms with Crippen molar-refractivity contribution in [2.75, 3.05) is 0 Å². The molecule has 0 unspecified atom stereocenters. The van der Waals surface area contributed by atoms with E-state index in [1.807, 2.05) is 20.8 Å². The average molecular weight is 306 g/mol. The van der Waals surface area contributed by atoms with Crippen molar-refractivity contribution in [1.29, 1.82) is 0 Å². The van der Waals surface area contributed by atoms with Gasteiger partial charge in [0.25, 0.3) is 0 Å². The van der Waals surface area contributed by atoms with Crippen LogP contribution in [0.2, 0.25) is 0 Å². The first-order valence-corrected chi connectivity index (χ1v) is 6.62. The van der Waals surface area contributed by atoms with E-state index < -0.39 is 16.1 Å². The Morgan fingerprint density at radius 3 is 2.56 bits per heavy atom. The third-order valence-corrected chi connectivity index (χ3v) is 3.75. The van der Waals surface area contributed by atoms with Gasteiger partial charge >= 0.3 is 0 Å². The Kier molecular flexibility index (Phi) is 4.52. The number of halogens is 2. The van der Waals surface area contributed by atoms with Crippen LogP contribution in [0.4, 0.5) is 4.39 Å². The highest BCUT2D eigenvalue weighted by atomic mass is 79.9. The zero-order valence-electron chi connectivity index (χ0n) is 9.33. The molecule has 0 aliphatic carbocycles. The van der Waals surface area contributed by atoms with E-state index in [-0.39, 0.29) is 5.82 Å². The summed E-state index contributed by atoms with van der Waals surface area (Å²) in [7, 11) is 0. The highest BCUT2D eigenvalue weighted by Gasteiger charge is 2.25. The molecule has 1 rings (SSSR count). The van der Waals surface area contributed by atoms with Crippen LogP contribution in [-0.2, 0) is 11.4 Å². The smallest absolute Gasteiger partial charge is 0.144 e. The van der Waals surface area contributed by atoms with Gasteiger partial charge in [0.1, 0.15) is 21.9 Å². The maximum Gasteiger partial charge on any atom is 0.144 e. The maximum absolute atomic E-state index is 13.2. The van der Waals surface area contributed by atoms with Crippen molar-refractivity contribution in [2.24, 2.45) is 4.40 Å². The lowest BCUT2D eigenvalue weighted by Crippen LogP contribution is -2.25. The summed E-state index contributed by atoms with van der Waals surface area (Å²) in [5.74, 6) is -0.356. The first kappa shape index (κ1) is 13.7. The third-order valence-electron chi connectivity index (χ3n) is 1.77. The summed E-state index contributed by atoms with van der Waals surface area (Å²) < 4.78 is 28.7. The molecule has 0 spiro atoms. The van der Waals surface area contributed by atoms with Crippen molar-refractivity contribution in [2.45, 2.75) is 25.5 Å². The predicted octanol–water partition coefficient (Wildman–Crippen LogP) is 3.47. The number of hydrogen-bond acceptors (Lipinski definition) is 2. The molecule has 0 aromatic heterocycles. The Labute approximate surface area is 106 Å². The zero-order valence-corrected chi connectivity index (χ0v) is 11.7. The normalized spacial score (nSPS) is 14.4. The first-order valence-electron chi connectivity index (χ1n) is 4.72. The topological polar surface area (TPSA) is 35.4 Å². The molecule has 0 radical (unpaired) electrons. The number of nitrogens with zero attached hydrogens (tertiary/aromatic N) is 1. The molecule has 0 heterocycles. The highest BCUT2D eigenvalue weighted by Crippen LogP contribution is 2.18. The molecule has 0 aliphatic rings. The lowest BCUT2D eigenvalue weighted by atomic mass is 10.2. The summed E-state index contributed by atoms with van der Waals surface area (Å²) in [4.78, 5) is 0. The fourth-order valence-corrected chi connectivity index (χ4v) is 1.64. The van der Waals surface area contributed by atoms with E-state index in [4.69, 9.17) is 0 Å². The standard InChI is InChI=1S/C11H13BrFNOS/c1-11(2,3)16(15)14-7-8-4-5-9(12)10(13)6-8/h4-7H,1-3H3/b14-7+/t16-/m1/s1. The molecule has 1 atom stereocenters. The predicted molar refractivity (Wildman–Crippen MR) is 69.6 cm³/mol. The van der Waals surface area contributed by atoms with Crippen LogP contribution in [0.1, 0.15) is 26.3 Å². The fourth-order valence-electron chi connectivity index (χ4n) is 0.860. The quantitative estimate of drug-likeness (QED) is 0.608. The van der Waals surface area contributed by atoms with Crippen LogP contribution in [0, 0.1) is 5.82 Å². The van der Waals surface area contributed by atoms with Crippen molar-refractivity contribution < 1.29 is 8.94 Å². The van der Waals surface area contributed by atoms with Gasteiger partial charge in [-0.25, -0.2) is 4.39 Å². The van der Waals surface area contributed by atoms with Gasteiger partial charge in [-0.15, -0.1) is 0 Å². The largest absolute Gasteiger partial charge is 0.591 e. The summed E-state index contributed by atoms with van der Waals surface area (Å²) in [5.41, 5.74) is 0.596. The Balaban J connectivity index is 2.81. The van der Waals surface area contributed by atoms with Crippen LogP contribution in [0.3, 0.4) is 0 Å². The second-order valence-electron chi connectivity index (χ2n) is 4.27.